The van der Waals surface area contributed by atoms with Crippen LogP contribution in [0.2, 0.25) is 0 Å². The topological polar surface area (TPSA) is 69.6 Å². The average Bonchev–Trinajstić information content (AvgIpc) is 3.01. The first-order chi connectivity index (χ1) is 21.2. The molecule has 0 aromatic carbocycles. The van der Waals surface area contributed by atoms with Crippen LogP contribution in [0.4, 0.5) is 0 Å². The molecule has 1 amide bonds. The molecule has 0 saturated heterocycles. The van der Waals surface area contributed by atoms with Crippen LogP contribution in [-0.4, -0.2) is 34.9 Å². The van der Waals surface area contributed by atoms with Crippen LogP contribution in [-0.2, 0) is 4.79 Å². The number of amides is 1. The van der Waals surface area contributed by atoms with Gasteiger partial charge in [-0.2, -0.15) is 0 Å². The van der Waals surface area contributed by atoms with Gasteiger partial charge in [0.15, 0.2) is 0 Å². The molecule has 0 heterocycles. The molecule has 0 unspecified atom stereocenters. The van der Waals surface area contributed by atoms with Crippen LogP contribution in [0.5, 0.6) is 0 Å². The highest BCUT2D eigenvalue weighted by Gasteiger charge is 2.19. The molecule has 4 nitrogen and oxygen atoms in total. The van der Waals surface area contributed by atoms with Crippen molar-refractivity contribution in [2.24, 2.45) is 0 Å². The van der Waals surface area contributed by atoms with Crippen molar-refractivity contribution in [1.82, 2.24) is 5.32 Å². The summed E-state index contributed by atoms with van der Waals surface area (Å²) < 4.78 is 0. The van der Waals surface area contributed by atoms with Crippen molar-refractivity contribution in [2.75, 3.05) is 6.61 Å². The van der Waals surface area contributed by atoms with Crippen molar-refractivity contribution < 1.29 is 15.0 Å². The Morgan fingerprint density at radius 1 is 0.535 bits per heavy atom. The number of unbranched alkanes of at least 4 members (excludes halogenated alkanes) is 23. The second kappa shape index (κ2) is 35.4. The lowest BCUT2D eigenvalue weighted by Gasteiger charge is -2.22. The first-order valence-electron chi connectivity index (χ1n) is 19.0. The lowest BCUT2D eigenvalue weighted by atomic mass is 10.0. The number of aliphatic hydroxyl groups excluding tert-OH is 2. The second-order valence-electron chi connectivity index (χ2n) is 13.0. The van der Waals surface area contributed by atoms with Gasteiger partial charge < -0.3 is 15.5 Å². The smallest absolute Gasteiger partial charge is 0.220 e. The van der Waals surface area contributed by atoms with Crippen molar-refractivity contribution in [3.63, 3.8) is 0 Å². The number of allylic oxidation sites excluding steroid dienone is 4. The minimum absolute atomic E-state index is 0.0447. The van der Waals surface area contributed by atoms with Gasteiger partial charge in [-0.05, 0) is 64.2 Å². The van der Waals surface area contributed by atoms with Gasteiger partial charge in [-0.1, -0.05) is 154 Å². The van der Waals surface area contributed by atoms with E-state index in [1.807, 2.05) is 0 Å². The predicted molar refractivity (Wildman–Crippen MR) is 189 cm³/mol. The normalized spacial score (nSPS) is 13.3. The van der Waals surface area contributed by atoms with Crippen LogP contribution in [0.25, 0.3) is 0 Å². The quantitative estimate of drug-likeness (QED) is 0.0505. The van der Waals surface area contributed by atoms with Crippen LogP contribution in [0.3, 0.4) is 0 Å². The summed E-state index contributed by atoms with van der Waals surface area (Å²) in [5.74, 6) is -0.0447. The van der Waals surface area contributed by atoms with E-state index in [1.54, 1.807) is 0 Å². The second-order valence-corrected chi connectivity index (χ2v) is 13.0. The molecule has 0 radical (unpaired) electrons. The fraction of sp³-hybridized carbons (Fsp3) is 0.872. The molecule has 0 aliphatic rings. The van der Waals surface area contributed by atoms with Gasteiger partial charge in [0.1, 0.15) is 0 Å². The van der Waals surface area contributed by atoms with E-state index >= 15 is 0 Å². The monoisotopic (exact) mass is 606 g/mol. The fourth-order valence-electron chi connectivity index (χ4n) is 5.70. The maximum Gasteiger partial charge on any atom is 0.220 e. The Labute approximate surface area is 269 Å². The van der Waals surface area contributed by atoms with Crippen LogP contribution in [0, 0.1) is 0 Å². The average molecular weight is 606 g/mol. The van der Waals surface area contributed by atoms with E-state index in [2.05, 4.69) is 43.5 Å². The maximum atomic E-state index is 12.3. The highest BCUT2D eigenvalue weighted by molar-refractivity contribution is 5.76. The van der Waals surface area contributed by atoms with Crippen LogP contribution in [0.1, 0.15) is 200 Å². The molecular formula is C39H75NO3. The van der Waals surface area contributed by atoms with E-state index < -0.39 is 12.1 Å². The van der Waals surface area contributed by atoms with Crippen molar-refractivity contribution >= 4 is 5.91 Å². The van der Waals surface area contributed by atoms with Crippen LogP contribution in [0.15, 0.2) is 24.3 Å². The third kappa shape index (κ3) is 32.1. The Bertz CT molecular complexity index is 618. The molecular weight excluding hydrogens is 530 g/mol. The minimum Gasteiger partial charge on any atom is -0.394 e. The summed E-state index contributed by atoms with van der Waals surface area (Å²) in [5, 5.41) is 23.0. The molecule has 43 heavy (non-hydrogen) atoms. The zero-order valence-corrected chi connectivity index (χ0v) is 29.0. The largest absolute Gasteiger partial charge is 0.394 e. The zero-order chi connectivity index (χ0) is 31.5. The van der Waals surface area contributed by atoms with Gasteiger partial charge in [-0.25, -0.2) is 0 Å². The molecule has 254 valence electrons. The highest BCUT2D eigenvalue weighted by Crippen LogP contribution is 2.14. The van der Waals surface area contributed by atoms with Gasteiger partial charge in [0.25, 0.3) is 0 Å². The Morgan fingerprint density at radius 3 is 1.28 bits per heavy atom. The Balaban J connectivity index is 3.56. The molecule has 0 saturated carbocycles. The number of carbonyl (C=O) groups excluding carboxylic acids is 1. The predicted octanol–water partition coefficient (Wildman–Crippen LogP) is 11.3. The van der Waals surface area contributed by atoms with Gasteiger partial charge in [-0.15, -0.1) is 0 Å². The Kier molecular flexibility index (Phi) is 34.4. The van der Waals surface area contributed by atoms with Crippen molar-refractivity contribution in [2.45, 2.75) is 212 Å². The molecule has 0 aliphatic heterocycles. The lowest BCUT2D eigenvalue weighted by molar-refractivity contribution is -0.123. The Hall–Kier alpha value is -1.13. The summed E-state index contributed by atoms with van der Waals surface area (Å²) in [6, 6.07) is -0.549. The number of hydrogen-bond acceptors (Lipinski definition) is 3. The SMILES string of the molecule is CCCCCCCC/C=C/CCCCCCCCCCCC(=O)N[C@@H](CO)[C@H](O)CCCC/C=C/CCCCCCCC. The molecule has 0 rings (SSSR count). The number of hydrogen-bond donors (Lipinski definition) is 3. The first-order valence-corrected chi connectivity index (χ1v) is 19.0. The van der Waals surface area contributed by atoms with Gasteiger partial charge in [0.2, 0.25) is 5.91 Å². The summed E-state index contributed by atoms with van der Waals surface area (Å²) in [6.45, 7) is 4.32. The Morgan fingerprint density at radius 2 is 0.884 bits per heavy atom. The third-order valence-electron chi connectivity index (χ3n) is 8.68. The van der Waals surface area contributed by atoms with E-state index in [9.17, 15) is 15.0 Å². The van der Waals surface area contributed by atoms with E-state index in [1.165, 1.54) is 141 Å². The first kappa shape index (κ1) is 41.9. The minimum atomic E-state index is -0.679. The third-order valence-corrected chi connectivity index (χ3v) is 8.68. The summed E-state index contributed by atoms with van der Waals surface area (Å²) >= 11 is 0. The summed E-state index contributed by atoms with van der Waals surface area (Å²) in [6.07, 6.45) is 43.8. The molecule has 0 spiro atoms. The van der Waals surface area contributed by atoms with E-state index in [0.29, 0.717) is 12.8 Å². The molecule has 0 aromatic heterocycles. The maximum absolute atomic E-state index is 12.3. The van der Waals surface area contributed by atoms with Crippen molar-refractivity contribution in [3.05, 3.63) is 24.3 Å². The van der Waals surface area contributed by atoms with E-state index in [0.717, 1.165) is 32.1 Å². The fourth-order valence-corrected chi connectivity index (χ4v) is 5.70. The lowest BCUT2D eigenvalue weighted by Crippen LogP contribution is -2.45. The molecule has 4 heteroatoms. The van der Waals surface area contributed by atoms with Gasteiger partial charge in [0.05, 0.1) is 18.8 Å². The molecule has 0 fully saturated rings. The van der Waals surface area contributed by atoms with Crippen LogP contribution >= 0.6 is 0 Å². The van der Waals surface area contributed by atoms with Gasteiger partial charge >= 0.3 is 0 Å². The molecule has 2 atom stereocenters. The number of carbonyl (C=O) groups is 1. The zero-order valence-electron chi connectivity index (χ0n) is 29.0. The van der Waals surface area contributed by atoms with E-state index in [-0.39, 0.29) is 12.5 Å². The summed E-state index contributed by atoms with van der Waals surface area (Å²) in [4.78, 5) is 12.3. The van der Waals surface area contributed by atoms with Crippen molar-refractivity contribution in [3.8, 4) is 0 Å². The van der Waals surface area contributed by atoms with Crippen LogP contribution < -0.4 is 5.32 Å². The van der Waals surface area contributed by atoms with Gasteiger partial charge in [0, 0.05) is 6.42 Å². The van der Waals surface area contributed by atoms with Crippen molar-refractivity contribution in [1.29, 1.82) is 0 Å². The number of nitrogens with one attached hydrogen (secondary N) is 1. The molecule has 0 bridgehead atoms. The molecule has 0 aliphatic carbocycles. The van der Waals surface area contributed by atoms with Gasteiger partial charge in [-0.3, -0.25) is 4.79 Å². The molecule has 0 aromatic rings. The summed E-state index contributed by atoms with van der Waals surface area (Å²) in [5.41, 5.74) is 0. The number of rotatable bonds is 34. The standard InChI is InChI=1S/C39H75NO3/c1-3-5-7-9-11-13-15-17-18-19-20-21-22-23-25-27-29-31-33-35-39(43)40-37(36-41)38(42)34-32-30-28-26-24-16-14-12-10-8-6-4-2/h17-18,24,26,37-38,41-42H,3-16,19-23,25,27-36H2,1-2H3,(H,40,43)/b18-17+,26-24+/t37-,38+/m0/s1. The number of aliphatic hydroxyl groups is 2. The van der Waals surface area contributed by atoms with E-state index in [4.69, 9.17) is 0 Å². The summed E-state index contributed by atoms with van der Waals surface area (Å²) in [7, 11) is 0. The highest BCUT2D eigenvalue weighted by atomic mass is 16.3. The molecule has 3 N–H and O–H groups in total.